The van der Waals surface area contributed by atoms with Gasteiger partial charge in [-0.2, -0.15) is 4.31 Å². The molecule has 1 aliphatic heterocycles. The molecule has 1 N–H and O–H groups in total. The van der Waals surface area contributed by atoms with Crippen LogP contribution in [0.3, 0.4) is 0 Å². The van der Waals surface area contributed by atoms with Crippen molar-refractivity contribution in [2.75, 3.05) is 26.2 Å². The summed E-state index contributed by atoms with van der Waals surface area (Å²) in [6.07, 6.45) is 1.05. The highest BCUT2D eigenvalue weighted by Crippen LogP contribution is 2.30. The van der Waals surface area contributed by atoms with Crippen LogP contribution in [0.15, 0.2) is 35.4 Å². The van der Waals surface area contributed by atoms with Gasteiger partial charge in [-0.1, -0.05) is 0 Å². The van der Waals surface area contributed by atoms with E-state index in [1.165, 1.54) is 27.5 Å². The summed E-state index contributed by atoms with van der Waals surface area (Å²) in [5.74, 6) is -0.0701. The van der Waals surface area contributed by atoms with Crippen LogP contribution in [0.5, 0.6) is 5.75 Å². The van der Waals surface area contributed by atoms with Crippen LogP contribution in [0, 0.1) is 0 Å². The Bertz CT molecular complexity index is 961. The number of benzene rings is 1. The van der Waals surface area contributed by atoms with Gasteiger partial charge in [0, 0.05) is 37.8 Å². The first-order valence-corrected chi connectivity index (χ1v) is 10.1. The Kier molecular flexibility index (Phi) is 5.00. The van der Waals surface area contributed by atoms with Crippen LogP contribution in [0.25, 0.3) is 10.9 Å². The molecular weight excluding hydrogens is 370 g/mol. The Hall–Kier alpha value is -2.39. The standard InChI is InChI=1S/C18H23N3O5S/c1-18(2,3)26-17(23)20-9-11-21(12-10-20)27(24,25)15-7-6-14(22)16-13(15)5-4-8-19-16/h4-8,22H,9-12H2,1-3H3. The molecule has 0 saturated carbocycles. The van der Waals surface area contributed by atoms with Gasteiger partial charge in [-0.15, -0.1) is 0 Å². The molecule has 0 radical (unpaired) electrons. The second-order valence-electron chi connectivity index (χ2n) is 7.35. The maximum absolute atomic E-state index is 13.1. The molecule has 1 amide bonds. The lowest BCUT2D eigenvalue weighted by molar-refractivity contribution is 0.0192. The number of hydrogen-bond donors (Lipinski definition) is 1. The molecule has 2 heterocycles. The molecule has 0 spiro atoms. The maximum Gasteiger partial charge on any atom is 0.410 e. The Morgan fingerprint density at radius 1 is 1.15 bits per heavy atom. The van der Waals surface area contributed by atoms with Crippen molar-refractivity contribution in [3.63, 3.8) is 0 Å². The third-order valence-electron chi connectivity index (χ3n) is 4.22. The second kappa shape index (κ2) is 6.97. The molecule has 8 nitrogen and oxygen atoms in total. The van der Waals surface area contributed by atoms with Gasteiger partial charge < -0.3 is 14.7 Å². The zero-order chi connectivity index (χ0) is 19.8. The van der Waals surface area contributed by atoms with Crippen molar-refractivity contribution in [2.24, 2.45) is 0 Å². The van der Waals surface area contributed by atoms with Crippen molar-refractivity contribution in [3.8, 4) is 5.75 Å². The lowest BCUT2D eigenvalue weighted by atomic mass is 10.2. The maximum atomic E-state index is 13.1. The average Bonchev–Trinajstić information content (AvgIpc) is 2.61. The van der Waals surface area contributed by atoms with Crippen molar-refractivity contribution < 1.29 is 23.1 Å². The molecule has 146 valence electrons. The van der Waals surface area contributed by atoms with Crippen molar-refractivity contribution >= 4 is 27.0 Å². The van der Waals surface area contributed by atoms with Crippen LogP contribution in [0.1, 0.15) is 20.8 Å². The SMILES string of the molecule is CC(C)(C)OC(=O)N1CCN(S(=O)(=O)c2ccc(O)c3ncccc23)CC1. The highest BCUT2D eigenvalue weighted by Gasteiger charge is 2.33. The van der Waals surface area contributed by atoms with E-state index in [2.05, 4.69) is 4.98 Å². The Labute approximate surface area is 158 Å². The number of aromatic nitrogens is 1. The van der Waals surface area contributed by atoms with Crippen molar-refractivity contribution in [2.45, 2.75) is 31.3 Å². The number of pyridine rings is 1. The molecule has 2 aromatic rings. The summed E-state index contributed by atoms with van der Waals surface area (Å²) in [5, 5.41) is 10.3. The summed E-state index contributed by atoms with van der Waals surface area (Å²) in [4.78, 5) is 17.8. The molecule has 9 heteroatoms. The summed E-state index contributed by atoms with van der Waals surface area (Å²) in [5.41, 5.74) is -0.357. The number of sulfonamides is 1. The van der Waals surface area contributed by atoms with E-state index in [-0.39, 0.29) is 42.3 Å². The van der Waals surface area contributed by atoms with Crippen LogP contribution >= 0.6 is 0 Å². The number of hydrogen-bond acceptors (Lipinski definition) is 6. The first kappa shape index (κ1) is 19.4. The minimum Gasteiger partial charge on any atom is -0.506 e. The van der Waals surface area contributed by atoms with Crippen molar-refractivity contribution in [3.05, 3.63) is 30.5 Å². The number of phenolic OH excluding ortho intramolecular Hbond substituents is 1. The number of nitrogens with zero attached hydrogens (tertiary/aromatic N) is 3. The molecule has 0 aliphatic carbocycles. The quantitative estimate of drug-likeness (QED) is 0.839. The molecule has 1 aromatic carbocycles. The number of amides is 1. The van der Waals surface area contributed by atoms with Gasteiger partial charge in [-0.3, -0.25) is 4.98 Å². The van der Waals surface area contributed by atoms with Crippen LogP contribution < -0.4 is 0 Å². The number of piperazine rings is 1. The molecule has 27 heavy (non-hydrogen) atoms. The van der Waals surface area contributed by atoms with E-state index >= 15 is 0 Å². The van der Waals surface area contributed by atoms with Gasteiger partial charge in [-0.25, -0.2) is 13.2 Å². The summed E-state index contributed by atoms with van der Waals surface area (Å²) in [7, 11) is -3.79. The minimum atomic E-state index is -3.79. The molecular formula is C18H23N3O5S. The zero-order valence-electron chi connectivity index (χ0n) is 15.5. The van der Waals surface area contributed by atoms with Gasteiger partial charge in [0.15, 0.2) is 0 Å². The average molecular weight is 393 g/mol. The van der Waals surface area contributed by atoms with Gasteiger partial charge in [0.1, 0.15) is 16.9 Å². The van der Waals surface area contributed by atoms with Gasteiger partial charge in [0.05, 0.1) is 4.90 Å². The number of aromatic hydroxyl groups is 1. The number of ether oxygens (including phenoxy) is 1. The lowest BCUT2D eigenvalue weighted by Crippen LogP contribution is -2.51. The fourth-order valence-corrected chi connectivity index (χ4v) is 4.54. The van der Waals surface area contributed by atoms with Crippen LogP contribution in [-0.4, -0.2) is 65.6 Å². The fraction of sp³-hybridized carbons (Fsp3) is 0.444. The van der Waals surface area contributed by atoms with Crippen LogP contribution in [0.2, 0.25) is 0 Å². The predicted molar refractivity (Wildman–Crippen MR) is 100.0 cm³/mol. The molecule has 1 fully saturated rings. The minimum absolute atomic E-state index is 0.0701. The first-order chi connectivity index (χ1) is 12.6. The normalized spacial score (nSPS) is 16.5. The van der Waals surface area contributed by atoms with Crippen LogP contribution in [0.4, 0.5) is 4.79 Å². The van der Waals surface area contributed by atoms with E-state index < -0.39 is 21.7 Å². The highest BCUT2D eigenvalue weighted by molar-refractivity contribution is 7.89. The van der Waals surface area contributed by atoms with E-state index in [4.69, 9.17) is 4.74 Å². The lowest BCUT2D eigenvalue weighted by Gasteiger charge is -2.35. The Morgan fingerprint density at radius 2 is 1.81 bits per heavy atom. The summed E-state index contributed by atoms with van der Waals surface area (Å²) in [6.45, 7) is 6.21. The van der Waals surface area contributed by atoms with Gasteiger partial charge in [0.2, 0.25) is 10.0 Å². The number of phenols is 1. The number of rotatable bonds is 2. The Balaban J connectivity index is 1.81. The van der Waals surface area contributed by atoms with E-state index in [0.29, 0.717) is 5.39 Å². The molecule has 1 aromatic heterocycles. The topological polar surface area (TPSA) is 100 Å². The highest BCUT2D eigenvalue weighted by atomic mass is 32.2. The molecule has 1 saturated heterocycles. The van der Waals surface area contributed by atoms with E-state index in [1.54, 1.807) is 32.9 Å². The monoisotopic (exact) mass is 393 g/mol. The van der Waals surface area contributed by atoms with Gasteiger partial charge >= 0.3 is 6.09 Å². The number of carbonyl (C=O) groups excluding carboxylic acids is 1. The summed E-state index contributed by atoms with van der Waals surface area (Å²) < 4.78 is 32.9. The van der Waals surface area contributed by atoms with Crippen molar-refractivity contribution in [1.29, 1.82) is 0 Å². The molecule has 3 rings (SSSR count). The first-order valence-electron chi connectivity index (χ1n) is 8.64. The van der Waals surface area contributed by atoms with Gasteiger partial charge in [-0.05, 0) is 45.0 Å². The zero-order valence-corrected chi connectivity index (χ0v) is 16.4. The van der Waals surface area contributed by atoms with E-state index in [9.17, 15) is 18.3 Å². The largest absolute Gasteiger partial charge is 0.506 e. The van der Waals surface area contributed by atoms with Crippen LogP contribution in [-0.2, 0) is 14.8 Å². The predicted octanol–water partition coefficient (Wildman–Crippen LogP) is 2.18. The third-order valence-corrected chi connectivity index (χ3v) is 6.17. The second-order valence-corrected chi connectivity index (χ2v) is 9.26. The molecule has 0 bridgehead atoms. The molecule has 1 aliphatic rings. The smallest absolute Gasteiger partial charge is 0.410 e. The fourth-order valence-electron chi connectivity index (χ4n) is 2.93. The molecule has 0 atom stereocenters. The van der Waals surface area contributed by atoms with Crippen molar-refractivity contribution in [1.82, 2.24) is 14.2 Å². The third kappa shape index (κ3) is 3.98. The number of fused-ring (bicyclic) bond motifs is 1. The molecule has 0 unspecified atom stereocenters. The van der Waals surface area contributed by atoms with E-state index in [0.717, 1.165) is 0 Å². The number of carbonyl (C=O) groups is 1. The Morgan fingerprint density at radius 3 is 2.44 bits per heavy atom. The van der Waals surface area contributed by atoms with E-state index in [1.807, 2.05) is 0 Å². The summed E-state index contributed by atoms with van der Waals surface area (Å²) in [6, 6.07) is 5.96. The summed E-state index contributed by atoms with van der Waals surface area (Å²) >= 11 is 0. The van der Waals surface area contributed by atoms with Gasteiger partial charge in [0.25, 0.3) is 0 Å².